The highest BCUT2D eigenvalue weighted by atomic mass is 19.1. The van der Waals surface area contributed by atoms with Gasteiger partial charge in [0, 0.05) is 0 Å². The van der Waals surface area contributed by atoms with E-state index in [1.165, 1.54) is 19.9 Å². The smallest absolute Gasteiger partial charge is 0.202 e. The molecule has 0 radical (unpaired) electrons. The van der Waals surface area contributed by atoms with E-state index in [2.05, 4.69) is 12.1 Å². The van der Waals surface area contributed by atoms with Gasteiger partial charge in [0.2, 0.25) is 5.78 Å². The lowest BCUT2D eigenvalue weighted by Gasteiger charge is -2.13. The zero-order chi connectivity index (χ0) is 10.1. The minimum absolute atomic E-state index is 0.133. The first-order valence-corrected chi connectivity index (χ1v) is 3.78. The summed E-state index contributed by atoms with van der Waals surface area (Å²) in [6, 6.07) is 6.84. The summed E-state index contributed by atoms with van der Waals surface area (Å²) in [5.74, 6) is -1.07. The molecule has 1 N–H and O–H groups in total. The van der Waals surface area contributed by atoms with Crippen LogP contribution >= 0.6 is 0 Å². The standard InChI is InChI=1S/C10H9FO2/c1-10(2,13)9(12)7-3-5-8(11)6-4-7/h3,5,13H,1-2H3. The maximum Gasteiger partial charge on any atom is 0.202 e. The van der Waals surface area contributed by atoms with Gasteiger partial charge in [0.1, 0.15) is 5.60 Å². The van der Waals surface area contributed by atoms with Crippen LogP contribution < -0.4 is 0 Å². The maximum absolute atomic E-state index is 12.4. The molecule has 0 atom stereocenters. The second-order valence-electron chi connectivity index (χ2n) is 3.23. The molecule has 2 nitrogen and oxygen atoms in total. The van der Waals surface area contributed by atoms with Crippen LogP contribution in [0.15, 0.2) is 12.1 Å². The minimum Gasteiger partial charge on any atom is -0.382 e. The monoisotopic (exact) mass is 180 g/mol. The van der Waals surface area contributed by atoms with Crippen molar-refractivity contribution in [1.29, 1.82) is 0 Å². The Labute approximate surface area is 76.0 Å². The maximum atomic E-state index is 12.4. The van der Waals surface area contributed by atoms with Crippen LogP contribution in [0.4, 0.5) is 4.39 Å². The largest absolute Gasteiger partial charge is 0.382 e. The van der Waals surface area contributed by atoms with E-state index < -0.39 is 17.2 Å². The lowest BCUT2D eigenvalue weighted by molar-refractivity contribution is 0.0488. The molecule has 13 heavy (non-hydrogen) atoms. The molecule has 1 aromatic carbocycles. The van der Waals surface area contributed by atoms with Crippen LogP contribution in [-0.2, 0) is 0 Å². The molecule has 1 rings (SSSR count). The summed E-state index contributed by atoms with van der Waals surface area (Å²) in [6.45, 7) is 2.74. The normalized spacial score (nSPS) is 10.8. The molecule has 0 aliphatic carbocycles. The summed E-state index contributed by atoms with van der Waals surface area (Å²) in [6.07, 6.45) is 0. The van der Waals surface area contributed by atoms with E-state index in [1.54, 1.807) is 0 Å². The zero-order valence-electron chi connectivity index (χ0n) is 7.39. The molecular weight excluding hydrogens is 171 g/mol. The van der Waals surface area contributed by atoms with Crippen molar-refractivity contribution >= 4 is 5.78 Å². The Morgan fingerprint density at radius 2 is 2.08 bits per heavy atom. The minimum atomic E-state index is -1.46. The van der Waals surface area contributed by atoms with E-state index in [0.29, 0.717) is 0 Å². The SMILES string of the molecule is CC(C)(O)C(=O)c1c#cc(F)cc1. The van der Waals surface area contributed by atoms with Crippen molar-refractivity contribution in [3.8, 4) is 0 Å². The molecule has 0 aliphatic heterocycles. The van der Waals surface area contributed by atoms with Crippen LogP contribution in [0, 0.1) is 17.9 Å². The van der Waals surface area contributed by atoms with E-state index in [9.17, 15) is 14.3 Å². The fourth-order valence-electron chi connectivity index (χ4n) is 0.829. The molecule has 0 amide bonds. The molecule has 0 aromatic heterocycles. The molecule has 0 heterocycles. The molecule has 0 unspecified atom stereocenters. The molecule has 3 heteroatoms. The molecule has 0 bridgehead atoms. The average molecular weight is 180 g/mol. The van der Waals surface area contributed by atoms with Crippen molar-refractivity contribution in [3.63, 3.8) is 0 Å². The first kappa shape index (κ1) is 9.69. The van der Waals surface area contributed by atoms with Gasteiger partial charge in [-0.15, -0.1) is 0 Å². The number of halogens is 1. The molecule has 68 valence electrons. The predicted molar refractivity (Wildman–Crippen MR) is 44.7 cm³/mol. The number of carbonyl (C=O) groups excluding carboxylic acids is 1. The summed E-state index contributed by atoms with van der Waals surface area (Å²) >= 11 is 0. The van der Waals surface area contributed by atoms with E-state index >= 15 is 0 Å². The zero-order valence-corrected chi connectivity index (χ0v) is 7.39. The van der Waals surface area contributed by atoms with Gasteiger partial charge < -0.3 is 5.11 Å². The number of carbonyl (C=O) groups is 1. The molecule has 0 aliphatic rings. The van der Waals surface area contributed by atoms with Gasteiger partial charge in [0.05, 0.1) is 5.56 Å². The Bertz CT molecular complexity index is 309. The second kappa shape index (κ2) is 3.15. The Hall–Kier alpha value is -1.40. The van der Waals surface area contributed by atoms with Crippen molar-refractivity contribution in [2.24, 2.45) is 0 Å². The van der Waals surface area contributed by atoms with E-state index in [-0.39, 0.29) is 5.56 Å². The number of hydrogen-bond donors (Lipinski definition) is 1. The third-order valence-electron chi connectivity index (χ3n) is 1.51. The number of Topliss-reactive ketones (excluding diaryl/α,β-unsaturated/α-hetero) is 1. The highest BCUT2D eigenvalue weighted by Gasteiger charge is 2.25. The number of hydrogen-bond acceptors (Lipinski definition) is 2. The molecule has 0 spiro atoms. The molecule has 1 aromatic rings. The van der Waals surface area contributed by atoms with Gasteiger partial charge >= 0.3 is 0 Å². The highest BCUT2D eigenvalue weighted by Crippen LogP contribution is 2.10. The summed E-state index contributed by atoms with van der Waals surface area (Å²) in [5.41, 5.74) is -1.32. The summed E-state index contributed by atoms with van der Waals surface area (Å²) in [4.78, 5) is 11.4. The first-order chi connectivity index (χ1) is 5.91. The van der Waals surface area contributed by atoms with Crippen LogP contribution in [-0.4, -0.2) is 16.5 Å². The molecule has 0 saturated carbocycles. The Kier molecular flexibility index (Phi) is 2.35. The Morgan fingerprint density at radius 1 is 1.46 bits per heavy atom. The van der Waals surface area contributed by atoms with Gasteiger partial charge in [0.25, 0.3) is 0 Å². The molecule has 0 saturated heterocycles. The van der Waals surface area contributed by atoms with Gasteiger partial charge in [-0.3, -0.25) is 4.79 Å². The van der Waals surface area contributed by atoms with Crippen molar-refractivity contribution in [1.82, 2.24) is 0 Å². The van der Waals surface area contributed by atoms with Gasteiger partial charge in [0.15, 0.2) is 5.82 Å². The Morgan fingerprint density at radius 3 is 2.46 bits per heavy atom. The fourth-order valence-corrected chi connectivity index (χ4v) is 0.829. The van der Waals surface area contributed by atoms with E-state index in [4.69, 9.17) is 0 Å². The highest BCUT2D eigenvalue weighted by molar-refractivity contribution is 6.01. The Balaban J connectivity index is 2.97. The second-order valence-corrected chi connectivity index (χ2v) is 3.23. The average Bonchev–Trinajstić information content (AvgIpc) is 2.03. The quantitative estimate of drug-likeness (QED) is 0.698. The predicted octanol–water partition coefficient (Wildman–Crippen LogP) is 1.38. The summed E-state index contributed by atoms with van der Waals surface area (Å²) in [7, 11) is 0. The van der Waals surface area contributed by atoms with Gasteiger partial charge in [-0.1, -0.05) is 6.07 Å². The lowest BCUT2D eigenvalue weighted by atomic mass is 9.98. The number of ketones is 1. The van der Waals surface area contributed by atoms with Crippen molar-refractivity contribution in [2.45, 2.75) is 19.4 Å². The van der Waals surface area contributed by atoms with Crippen LogP contribution in [0.5, 0.6) is 0 Å². The van der Waals surface area contributed by atoms with Crippen LogP contribution in [0.3, 0.4) is 0 Å². The molecular formula is C10H9FO2. The van der Waals surface area contributed by atoms with Crippen LogP contribution in [0.1, 0.15) is 24.2 Å². The number of aliphatic hydroxyl groups is 1. The lowest BCUT2D eigenvalue weighted by Crippen LogP contribution is -2.30. The van der Waals surface area contributed by atoms with E-state index in [0.717, 1.165) is 6.07 Å². The van der Waals surface area contributed by atoms with Crippen molar-refractivity contribution in [3.05, 3.63) is 35.6 Å². The van der Waals surface area contributed by atoms with Gasteiger partial charge in [-0.2, -0.15) is 4.39 Å². The first-order valence-electron chi connectivity index (χ1n) is 3.78. The fraction of sp³-hybridized carbons (Fsp3) is 0.300. The summed E-state index contributed by atoms with van der Waals surface area (Å²) in [5, 5.41) is 9.33. The van der Waals surface area contributed by atoms with E-state index in [1.807, 2.05) is 0 Å². The number of rotatable bonds is 2. The topological polar surface area (TPSA) is 37.3 Å². The van der Waals surface area contributed by atoms with Crippen LogP contribution in [0.25, 0.3) is 0 Å². The molecule has 0 fully saturated rings. The van der Waals surface area contributed by atoms with Gasteiger partial charge in [-0.05, 0) is 32.0 Å². The van der Waals surface area contributed by atoms with Crippen molar-refractivity contribution < 1.29 is 14.3 Å². The van der Waals surface area contributed by atoms with Crippen molar-refractivity contribution in [2.75, 3.05) is 0 Å². The van der Waals surface area contributed by atoms with Crippen LogP contribution in [0.2, 0.25) is 0 Å². The van der Waals surface area contributed by atoms with Gasteiger partial charge in [-0.25, -0.2) is 0 Å². The third-order valence-corrected chi connectivity index (χ3v) is 1.51. The third kappa shape index (κ3) is 2.27. The summed E-state index contributed by atoms with van der Waals surface area (Å²) < 4.78 is 12.4.